The number of para-hydroxylation sites is 1. The highest BCUT2D eigenvalue weighted by atomic mass is 32.2. The molecule has 1 aromatic rings. The van der Waals surface area contributed by atoms with Gasteiger partial charge in [0.15, 0.2) is 0 Å². The van der Waals surface area contributed by atoms with Gasteiger partial charge in [0, 0.05) is 0 Å². The lowest BCUT2D eigenvalue weighted by Crippen LogP contribution is -2.28. The molecule has 4 heteroatoms. The first-order chi connectivity index (χ1) is 6.29. The van der Waals surface area contributed by atoms with Crippen LogP contribution < -0.4 is 4.31 Å². The zero-order chi connectivity index (χ0) is 9.26. The minimum Gasteiger partial charge on any atom is -0.272 e. The molecule has 1 aliphatic heterocycles. The van der Waals surface area contributed by atoms with Crippen molar-refractivity contribution in [3.8, 4) is 0 Å². The van der Waals surface area contributed by atoms with Gasteiger partial charge in [0.05, 0.1) is 18.3 Å². The molecule has 3 nitrogen and oxygen atoms in total. The van der Waals surface area contributed by atoms with Crippen molar-refractivity contribution in [1.29, 1.82) is 0 Å². The molecule has 2 atom stereocenters. The van der Waals surface area contributed by atoms with E-state index in [9.17, 15) is 4.21 Å². The Morgan fingerprint density at radius 3 is 2.69 bits per heavy atom. The van der Waals surface area contributed by atoms with E-state index in [1.165, 1.54) is 0 Å². The van der Waals surface area contributed by atoms with Gasteiger partial charge in [-0.1, -0.05) is 18.2 Å². The number of nitrogens with zero attached hydrogens (tertiary/aromatic N) is 1. The maximum absolute atomic E-state index is 11.4. The molecule has 0 aliphatic carbocycles. The number of rotatable bonds is 1. The Bertz CT molecular complexity index is 315. The molecule has 0 bridgehead atoms. The van der Waals surface area contributed by atoms with Crippen molar-refractivity contribution >= 4 is 17.0 Å². The first-order valence-corrected chi connectivity index (χ1v) is 5.21. The van der Waals surface area contributed by atoms with Gasteiger partial charge in [0.25, 0.3) is 11.3 Å². The lowest BCUT2D eigenvalue weighted by atomic mass is 10.3. The van der Waals surface area contributed by atoms with Crippen molar-refractivity contribution in [2.75, 3.05) is 10.9 Å². The van der Waals surface area contributed by atoms with E-state index in [4.69, 9.17) is 4.18 Å². The van der Waals surface area contributed by atoms with Gasteiger partial charge in [-0.2, -0.15) is 0 Å². The summed E-state index contributed by atoms with van der Waals surface area (Å²) in [4.78, 5) is 0. The summed E-state index contributed by atoms with van der Waals surface area (Å²) in [5.74, 6) is 0. The van der Waals surface area contributed by atoms with Crippen molar-refractivity contribution in [3.63, 3.8) is 0 Å². The van der Waals surface area contributed by atoms with E-state index in [1.54, 1.807) is 4.31 Å². The van der Waals surface area contributed by atoms with E-state index in [2.05, 4.69) is 0 Å². The maximum Gasteiger partial charge on any atom is 0.264 e. The Balaban J connectivity index is 2.30. The molecule has 1 fully saturated rings. The zero-order valence-corrected chi connectivity index (χ0v) is 8.16. The zero-order valence-electron chi connectivity index (χ0n) is 7.34. The second-order valence-corrected chi connectivity index (χ2v) is 4.08. The molecule has 0 spiro atoms. The van der Waals surface area contributed by atoms with Gasteiger partial charge in [-0.05, 0) is 19.1 Å². The molecule has 0 amide bonds. The molecular formula is C9H11NO2S. The molecule has 0 radical (unpaired) electrons. The van der Waals surface area contributed by atoms with Gasteiger partial charge in [-0.25, -0.2) is 4.21 Å². The van der Waals surface area contributed by atoms with Crippen LogP contribution in [0.3, 0.4) is 0 Å². The largest absolute Gasteiger partial charge is 0.272 e. The van der Waals surface area contributed by atoms with Gasteiger partial charge in [-0.15, -0.1) is 0 Å². The molecule has 70 valence electrons. The van der Waals surface area contributed by atoms with Gasteiger partial charge < -0.3 is 0 Å². The molecule has 0 saturated carbocycles. The van der Waals surface area contributed by atoms with Crippen LogP contribution >= 0.6 is 0 Å². The molecule has 2 rings (SSSR count). The van der Waals surface area contributed by atoms with Gasteiger partial charge in [0.1, 0.15) is 0 Å². The van der Waals surface area contributed by atoms with Crippen molar-refractivity contribution in [1.82, 2.24) is 0 Å². The van der Waals surface area contributed by atoms with Crippen molar-refractivity contribution < 1.29 is 8.39 Å². The molecule has 1 aliphatic rings. The third-order valence-electron chi connectivity index (χ3n) is 1.98. The third-order valence-corrected chi connectivity index (χ3v) is 3.21. The van der Waals surface area contributed by atoms with E-state index in [0.717, 1.165) is 5.69 Å². The van der Waals surface area contributed by atoms with E-state index < -0.39 is 11.3 Å². The highest BCUT2D eigenvalue weighted by Gasteiger charge is 2.28. The summed E-state index contributed by atoms with van der Waals surface area (Å²) in [5.41, 5.74) is 0.950. The summed E-state index contributed by atoms with van der Waals surface area (Å²) in [5, 5.41) is 0. The van der Waals surface area contributed by atoms with E-state index in [1.807, 2.05) is 37.3 Å². The number of hydrogen-bond acceptors (Lipinski definition) is 2. The van der Waals surface area contributed by atoms with Crippen LogP contribution in [0.5, 0.6) is 0 Å². The van der Waals surface area contributed by atoms with E-state index in [0.29, 0.717) is 6.61 Å². The summed E-state index contributed by atoms with van der Waals surface area (Å²) in [6.45, 7) is 2.53. The van der Waals surface area contributed by atoms with Gasteiger partial charge >= 0.3 is 0 Å². The summed E-state index contributed by atoms with van der Waals surface area (Å²) < 4.78 is 18.2. The average Bonchev–Trinajstić information content (AvgIpc) is 2.48. The first-order valence-electron chi connectivity index (χ1n) is 4.18. The predicted molar refractivity (Wildman–Crippen MR) is 52.5 cm³/mol. The highest BCUT2D eigenvalue weighted by Crippen LogP contribution is 2.23. The van der Waals surface area contributed by atoms with Crippen LogP contribution in [0.25, 0.3) is 0 Å². The fraction of sp³-hybridized carbons (Fsp3) is 0.333. The fourth-order valence-corrected chi connectivity index (χ4v) is 2.42. The minimum atomic E-state index is -1.31. The Hall–Kier alpha value is -0.870. The standard InChI is InChI=1S/C9H11NO2S/c1-8-7-12-13(11)10(8)9-5-3-2-4-6-9/h2-6,8H,7H2,1H3/t8-,13-/m1/s1. The monoisotopic (exact) mass is 197 g/mol. The maximum atomic E-state index is 11.4. The van der Waals surface area contributed by atoms with Crippen LogP contribution in [-0.4, -0.2) is 16.9 Å². The minimum absolute atomic E-state index is 0.184. The Morgan fingerprint density at radius 2 is 2.15 bits per heavy atom. The topological polar surface area (TPSA) is 29.5 Å². The summed E-state index contributed by atoms with van der Waals surface area (Å²) in [7, 11) is 0. The number of anilines is 1. The smallest absolute Gasteiger partial charge is 0.264 e. The lowest BCUT2D eigenvalue weighted by molar-refractivity contribution is 0.366. The number of benzene rings is 1. The van der Waals surface area contributed by atoms with Crippen LogP contribution in [-0.2, 0) is 15.4 Å². The Morgan fingerprint density at radius 1 is 1.46 bits per heavy atom. The van der Waals surface area contributed by atoms with Crippen LogP contribution in [0, 0.1) is 0 Å². The second kappa shape index (κ2) is 3.47. The Labute approximate surface area is 80.1 Å². The first kappa shape index (κ1) is 8.72. The highest BCUT2D eigenvalue weighted by molar-refractivity contribution is 7.82. The third kappa shape index (κ3) is 1.59. The molecule has 0 unspecified atom stereocenters. The van der Waals surface area contributed by atoms with Crippen molar-refractivity contribution in [2.45, 2.75) is 13.0 Å². The van der Waals surface area contributed by atoms with Crippen molar-refractivity contribution in [3.05, 3.63) is 30.3 Å². The van der Waals surface area contributed by atoms with Crippen LogP contribution in [0.2, 0.25) is 0 Å². The molecule has 13 heavy (non-hydrogen) atoms. The summed E-state index contributed by atoms with van der Waals surface area (Å²) in [6, 6.07) is 9.85. The van der Waals surface area contributed by atoms with Gasteiger partial charge in [-0.3, -0.25) is 8.49 Å². The lowest BCUT2D eigenvalue weighted by Gasteiger charge is -2.18. The molecule has 1 saturated heterocycles. The SMILES string of the molecule is C[C@@H]1CO[S@@](=O)N1c1ccccc1. The molecule has 1 aromatic carbocycles. The molecule has 0 aromatic heterocycles. The van der Waals surface area contributed by atoms with Crippen LogP contribution in [0.1, 0.15) is 6.92 Å². The second-order valence-electron chi connectivity index (χ2n) is 3.01. The van der Waals surface area contributed by atoms with Crippen molar-refractivity contribution in [2.24, 2.45) is 0 Å². The van der Waals surface area contributed by atoms with E-state index >= 15 is 0 Å². The summed E-state index contributed by atoms with van der Waals surface area (Å²) >= 11 is -1.31. The summed E-state index contributed by atoms with van der Waals surface area (Å²) in [6.07, 6.45) is 0. The normalized spacial score (nSPS) is 27.9. The quantitative estimate of drug-likeness (QED) is 0.682. The molecular weight excluding hydrogens is 186 g/mol. The average molecular weight is 197 g/mol. The molecule has 0 N–H and O–H groups in total. The fourth-order valence-electron chi connectivity index (χ4n) is 1.34. The Kier molecular flexibility index (Phi) is 2.33. The predicted octanol–water partition coefficient (Wildman–Crippen LogP) is 1.49. The van der Waals surface area contributed by atoms with Crippen LogP contribution in [0.4, 0.5) is 5.69 Å². The number of hydrogen-bond donors (Lipinski definition) is 0. The van der Waals surface area contributed by atoms with E-state index in [-0.39, 0.29) is 6.04 Å². The molecule has 1 heterocycles. The van der Waals surface area contributed by atoms with Crippen LogP contribution in [0.15, 0.2) is 30.3 Å². The van der Waals surface area contributed by atoms with Gasteiger partial charge in [0.2, 0.25) is 0 Å².